The van der Waals surface area contributed by atoms with Crippen LogP contribution in [0.15, 0.2) is 24.3 Å². The normalized spacial score (nSPS) is 10.3. The maximum atomic E-state index is 12.4. The molecule has 0 spiro atoms. The van der Waals surface area contributed by atoms with Gasteiger partial charge in [0.05, 0.1) is 6.54 Å². The second-order valence-electron chi connectivity index (χ2n) is 4.68. The van der Waals surface area contributed by atoms with Gasteiger partial charge in [0, 0.05) is 17.9 Å². The molecule has 0 saturated carbocycles. The zero-order valence-electron chi connectivity index (χ0n) is 12.1. The highest BCUT2D eigenvalue weighted by Gasteiger charge is 2.17. The first kappa shape index (κ1) is 16.6. The minimum atomic E-state index is -0.478. The monoisotopic (exact) mass is 294 g/mol. The van der Waals surface area contributed by atoms with Gasteiger partial charge in [-0.2, -0.15) is 11.8 Å². The summed E-state index contributed by atoms with van der Waals surface area (Å²) in [4.78, 5) is 25.0. The van der Waals surface area contributed by atoms with E-state index in [1.165, 1.54) is 10.5 Å². The van der Waals surface area contributed by atoms with Crippen molar-refractivity contribution in [3.05, 3.63) is 35.4 Å². The van der Waals surface area contributed by atoms with Crippen molar-refractivity contribution in [2.24, 2.45) is 5.73 Å². The fourth-order valence-electron chi connectivity index (χ4n) is 1.88. The van der Waals surface area contributed by atoms with Gasteiger partial charge < -0.3 is 10.6 Å². The highest BCUT2D eigenvalue weighted by molar-refractivity contribution is 7.97. The van der Waals surface area contributed by atoms with Crippen LogP contribution in [0.1, 0.15) is 35.7 Å². The quantitative estimate of drug-likeness (QED) is 0.800. The lowest BCUT2D eigenvalue weighted by molar-refractivity contribution is -0.118. The Morgan fingerprint density at radius 1 is 1.25 bits per heavy atom. The van der Waals surface area contributed by atoms with Crippen LogP contribution in [0.2, 0.25) is 0 Å². The minimum absolute atomic E-state index is 0.0224. The molecule has 0 unspecified atom stereocenters. The fourth-order valence-corrected chi connectivity index (χ4v) is 2.41. The van der Waals surface area contributed by atoms with Crippen molar-refractivity contribution in [2.75, 3.05) is 19.3 Å². The Morgan fingerprint density at radius 2 is 1.90 bits per heavy atom. The molecule has 0 aliphatic rings. The van der Waals surface area contributed by atoms with Gasteiger partial charge in [0.2, 0.25) is 5.91 Å². The Hall–Kier alpha value is -1.49. The molecule has 5 heteroatoms. The van der Waals surface area contributed by atoms with Crippen molar-refractivity contribution in [1.29, 1.82) is 0 Å². The van der Waals surface area contributed by atoms with E-state index in [4.69, 9.17) is 5.73 Å². The molecule has 0 heterocycles. The van der Waals surface area contributed by atoms with Crippen LogP contribution in [0.3, 0.4) is 0 Å². The molecule has 0 saturated heterocycles. The number of nitrogens with two attached hydrogens (primary N) is 1. The van der Waals surface area contributed by atoms with Gasteiger partial charge in [-0.3, -0.25) is 9.59 Å². The predicted molar refractivity (Wildman–Crippen MR) is 83.7 cm³/mol. The molecule has 0 atom stereocenters. The first-order valence-electron chi connectivity index (χ1n) is 6.74. The van der Waals surface area contributed by atoms with Gasteiger partial charge in [-0.1, -0.05) is 25.5 Å². The number of amides is 2. The molecule has 4 nitrogen and oxygen atoms in total. The molecule has 0 aromatic heterocycles. The molecule has 1 aromatic carbocycles. The molecule has 2 amide bonds. The lowest BCUT2D eigenvalue weighted by Crippen LogP contribution is -2.39. The molecule has 0 fully saturated rings. The summed E-state index contributed by atoms with van der Waals surface area (Å²) in [6, 6.07) is 7.53. The maximum absolute atomic E-state index is 12.4. The number of carbonyl (C=O) groups excluding carboxylic acids is 2. The SMILES string of the molecule is CCCCN(CC(N)=O)C(=O)c1ccc(CSC)cc1. The Morgan fingerprint density at radius 3 is 2.40 bits per heavy atom. The van der Waals surface area contributed by atoms with Gasteiger partial charge in [-0.05, 0) is 30.4 Å². The number of benzene rings is 1. The fraction of sp³-hybridized carbons (Fsp3) is 0.467. The summed E-state index contributed by atoms with van der Waals surface area (Å²) >= 11 is 1.74. The molecule has 0 aliphatic heterocycles. The molecular weight excluding hydrogens is 272 g/mol. The van der Waals surface area contributed by atoms with Crippen molar-refractivity contribution in [1.82, 2.24) is 4.90 Å². The number of rotatable bonds is 8. The summed E-state index contributed by atoms with van der Waals surface area (Å²) in [7, 11) is 0. The number of thioether (sulfide) groups is 1. The third-order valence-electron chi connectivity index (χ3n) is 2.93. The van der Waals surface area contributed by atoms with E-state index in [2.05, 4.69) is 0 Å². The second-order valence-corrected chi connectivity index (χ2v) is 5.54. The zero-order valence-corrected chi connectivity index (χ0v) is 12.9. The van der Waals surface area contributed by atoms with E-state index in [9.17, 15) is 9.59 Å². The highest BCUT2D eigenvalue weighted by atomic mass is 32.2. The van der Waals surface area contributed by atoms with Crippen LogP contribution in [0.5, 0.6) is 0 Å². The number of nitrogens with zero attached hydrogens (tertiary/aromatic N) is 1. The molecule has 0 aliphatic carbocycles. The van der Waals surface area contributed by atoms with E-state index in [1.54, 1.807) is 11.8 Å². The Bertz CT molecular complexity index is 446. The maximum Gasteiger partial charge on any atom is 0.254 e. The van der Waals surface area contributed by atoms with Crippen LogP contribution in [-0.2, 0) is 10.5 Å². The number of hydrogen-bond acceptors (Lipinski definition) is 3. The van der Waals surface area contributed by atoms with Crippen molar-refractivity contribution in [2.45, 2.75) is 25.5 Å². The van der Waals surface area contributed by atoms with Crippen LogP contribution < -0.4 is 5.73 Å². The van der Waals surface area contributed by atoms with Crippen LogP contribution in [0.4, 0.5) is 0 Å². The van der Waals surface area contributed by atoms with E-state index >= 15 is 0 Å². The van der Waals surface area contributed by atoms with E-state index in [1.807, 2.05) is 37.4 Å². The van der Waals surface area contributed by atoms with E-state index in [0.717, 1.165) is 18.6 Å². The second kappa shape index (κ2) is 8.64. The molecular formula is C15H22N2O2S. The number of unbranched alkanes of at least 4 members (excludes halogenated alkanes) is 1. The smallest absolute Gasteiger partial charge is 0.254 e. The Balaban J connectivity index is 2.78. The first-order valence-corrected chi connectivity index (χ1v) is 8.13. The van der Waals surface area contributed by atoms with E-state index in [-0.39, 0.29) is 12.5 Å². The predicted octanol–water partition coefficient (Wildman–Crippen LogP) is 2.28. The van der Waals surface area contributed by atoms with Gasteiger partial charge in [0.1, 0.15) is 0 Å². The lowest BCUT2D eigenvalue weighted by Gasteiger charge is -2.21. The molecule has 0 bridgehead atoms. The summed E-state index contributed by atoms with van der Waals surface area (Å²) in [5, 5.41) is 0. The lowest BCUT2D eigenvalue weighted by atomic mass is 10.1. The van der Waals surface area contributed by atoms with Crippen molar-refractivity contribution in [3.63, 3.8) is 0 Å². The number of primary amides is 1. The molecule has 20 heavy (non-hydrogen) atoms. The summed E-state index contributed by atoms with van der Waals surface area (Å²) in [5.74, 6) is 0.316. The zero-order chi connectivity index (χ0) is 15.0. The van der Waals surface area contributed by atoms with Crippen molar-refractivity contribution in [3.8, 4) is 0 Å². The van der Waals surface area contributed by atoms with Crippen molar-refractivity contribution >= 4 is 23.6 Å². The average molecular weight is 294 g/mol. The first-order chi connectivity index (χ1) is 9.58. The summed E-state index contributed by atoms with van der Waals surface area (Å²) in [6.07, 6.45) is 3.87. The number of hydrogen-bond donors (Lipinski definition) is 1. The largest absolute Gasteiger partial charge is 0.368 e. The average Bonchev–Trinajstić information content (AvgIpc) is 2.43. The van der Waals surface area contributed by atoms with Gasteiger partial charge in [-0.15, -0.1) is 0 Å². The van der Waals surface area contributed by atoms with Crippen LogP contribution >= 0.6 is 11.8 Å². The highest BCUT2D eigenvalue weighted by Crippen LogP contribution is 2.12. The van der Waals surface area contributed by atoms with Gasteiger partial charge in [0.15, 0.2) is 0 Å². The van der Waals surface area contributed by atoms with Crippen LogP contribution in [-0.4, -0.2) is 36.1 Å². The van der Waals surface area contributed by atoms with Gasteiger partial charge in [-0.25, -0.2) is 0 Å². The number of carbonyl (C=O) groups is 2. The van der Waals surface area contributed by atoms with Gasteiger partial charge >= 0.3 is 0 Å². The van der Waals surface area contributed by atoms with Gasteiger partial charge in [0.25, 0.3) is 5.91 Å². The third kappa shape index (κ3) is 5.25. The van der Waals surface area contributed by atoms with Crippen molar-refractivity contribution < 1.29 is 9.59 Å². The summed E-state index contributed by atoms with van der Waals surface area (Å²) in [6.45, 7) is 2.58. The van der Waals surface area contributed by atoms with Crippen LogP contribution in [0.25, 0.3) is 0 Å². The molecule has 110 valence electrons. The molecule has 1 aromatic rings. The Labute approximate surface area is 124 Å². The third-order valence-corrected chi connectivity index (χ3v) is 3.55. The molecule has 0 radical (unpaired) electrons. The van der Waals surface area contributed by atoms with E-state index in [0.29, 0.717) is 12.1 Å². The topological polar surface area (TPSA) is 63.4 Å². The standard InChI is InChI=1S/C15H22N2O2S/c1-3-4-9-17(10-14(16)18)15(19)13-7-5-12(6-8-13)11-20-2/h5-8H,3-4,9-11H2,1-2H3,(H2,16,18). The van der Waals surface area contributed by atoms with Crippen LogP contribution in [0, 0.1) is 0 Å². The summed E-state index contributed by atoms with van der Waals surface area (Å²) < 4.78 is 0. The Kier molecular flexibility index (Phi) is 7.15. The minimum Gasteiger partial charge on any atom is -0.368 e. The molecule has 2 N–H and O–H groups in total. The van der Waals surface area contributed by atoms with E-state index < -0.39 is 5.91 Å². The molecule has 1 rings (SSSR count). The summed E-state index contributed by atoms with van der Waals surface area (Å²) in [5.41, 5.74) is 7.00.